The molecule has 0 radical (unpaired) electrons. The maximum absolute atomic E-state index is 12.0. The number of allylic oxidation sites excluding steroid dienone is 2. The number of aliphatic imine (C=N–C) groups is 1. The van der Waals surface area contributed by atoms with Gasteiger partial charge in [0.2, 0.25) is 0 Å². The van der Waals surface area contributed by atoms with E-state index in [-0.39, 0.29) is 25.2 Å². The molecule has 2 atom stereocenters. The highest BCUT2D eigenvalue weighted by Crippen LogP contribution is 2.32. The van der Waals surface area contributed by atoms with E-state index in [0.717, 1.165) is 5.57 Å². The van der Waals surface area contributed by atoms with Crippen molar-refractivity contribution in [3.63, 3.8) is 0 Å². The van der Waals surface area contributed by atoms with Crippen molar-refractivity contribution in [1.29, 1.82) is 5.26 Å². The van der Waals surface area contributed by atoms with Crippen molar-refractivity contribution in [1.82, 2.24) is 0 Å². The Bertz CT molecular complexity index is 564. The minimum atomic E-state index is -0.469. The molecule has 2 aliphatic rings. The molecule has 0 saturated carbocycles. The van der Waals surface area contributed by atoms with Crippen LogP contribution in [0.25, 0.3) is 0 Å². The predicted molar refractivity (Wildman–Crippen MR) is 73.9 cm³/mol. The Hall–Kier alpha value is -2.35. The number of hydrogen-bond acceptors (Lipinski definition) is 5. The summed E-state index contributed by atoms with van der Waals surface area (Å²) in [4.78, 5) is 16.3. The minimum Gasteiger partial charge on any atom is -0.481 e. The second kappa shape index (κ2) is 6.20. The highest BCUT2D eigenvalue weighted by atomic mass is 16.5. The summed E-state index contributed by atoms with van der Waals surface area (Å²) in [5.74, 6) is -0.158. The molecule has 0 aromatic rings. The molecule has 20 heavy (non-hydrogen) atoms. The molecular formula is C15H16N2O3. The van der Waals surface area contributed by atoms with Crippen molar-refractivity contribution < 1.29 is 14.3 Å². The predicted octanol–water partition coefficient (Wildman–Crippen LogP) is 1.93. The summed E-state index contributed by atoms with van der Waals surface area (Å²) >= 11 is 0. The summed E-state index contributed by atoms with van der Waals surface area (Å²) in [5, 5.41) is 8.70. The van der Waals surface area contributed by atoms with Crippen LogP contribution in [-0.2, 0) is 14.3 Å². The number of carbonyl (C=O) groups excluding carboxylic acids is 1. The van der Waals surface area contributed by atoms with Crippen LogP contribution in [0.15, 0.2) is 40.1 Å². The molecule has 1 aliphatic heterocycles. The Labute approximate surface area is 117 Å². The smallest absolute Gasteiger partial charge is 0.343 e. The third-order valence-corrected chi connectivity index (χ3v) is 3.10. The van der Waals surface area contributed by atoms with Crippen molar-refractivity contribution in [2.24, 2.45) is 10.9 Å². The first kappa shape index (κ1) is 14.1. The van der Waals surface area contributed by atoms with Gasteiger partial charge in [-0.1, -0.05) is 23.8 Å². The van der Waals surface area contributed by atoms with Crippen LogP contribution in [0.5, 0.6) is 0 Å². The number of esters is 1. The van der Waals surface area contributed by atoms with Crippen molar-refractivity contribution in [2.45, 2.75) is 19.9 Å². The lowest BCUT2D eigenvalue weighted by Gasteiger charge is -2.28. The van der Waals surface area contributed by atoms with E-state index in [1.165, 1.54) is 6.21 Å². The Kier molecular flexibility index (Phi) is 4.36. The molecule has 0 bridgehead atoms. The fourth-order valence-corrected chi connectivity index (χ4v) is 2.23. The number of dihydropyridines is 1. The van der Waals surface area contributed by atoms with Gasteiger partial charge in [-0.25, -0.2) is 4.79 Å². The minimum absolute atomic E-state index is 0.0921. The molecule has 5 nitrogen and oxygen atoms in total. The average Bonchev–Trinajstić information content (AvgIpc) is 2.44. The van der Waals surface area contributed by atoms with Gasteiger partial charge in [0.25, 0.3) is 0 Å². The molecule has 0 N–H and O–H groups in total. The number of ether oxygens (including phenoxy) is 2. The molecule has 5 heteroatoms. The fourth-order valence-electron chi connectivity index (χ4n) is 2.23. The third-order valence-electron chi connectivity index (χ3n) is 3.10. The normalized spacial score (nSPS) is 23.8. The lowest BCUT2D eigenvalue weighted by molar-refractivity contribution is -0.138. The summed E-state index contributed by atoms with van der Waals surface area (Å²) in [5.41, 5.74) is 1.37. The first-order valence-electron chi connectivity index (χ1n) is 6.48. The van der Waals surface area contributed by atoms with Crippen molar-refractivity contribution in [3.8, 4) is 6.07 Å². The molecule has 1 heterocycles. The second-order valence-corrected chi connectivity index (χ2v) is 4.51. The van der Waals surface area contributed by atoms with Crippen molar-refractivity contribution in [3.05, 3.63) is 35.1 Å². The molecule has 0 unspecified atom stereocenters. The summed E-state index contributed by atoms with van der Waals surface area (Å²) in [7, 11) is 0. The van der Waals surface area contributed by atoms with Gasteiger partial charge >= 0.3 is 5.97 Å². The first-order valence-corrected chi connectivity index (χ1v) is 6.48. The molecule has 0 aromatic heterocycles. The highest BCUT2D eigenvalue weighted by Gasteiger charge is 2.32. The van der Waals surface area contributed by atoms with Crippen LogP contribution in [0, 0.1) is 17.2 Å². The quantitative estimate of drug-likeness (QED) is 0.733. The maximum atomic E-state index is 12.0. The van der Waals surface area contributed by atoms with Gasteiger partial charge in [0.05, 0.1) is 18.6 Å². The van der Waals surface area contributed by atoms with Crippen molar-refractivity contribution >= 4 is 12.2 Å². The van der Waals surface area contributed by atoms with E-state index in [2.05, 4.69) is 4.99 Å². The molecule has 0 spiro atoms. The van der Waals surface area contributed by atoms with Gasteiger partial charge in [-0.05, 0) is 13.8 Å². The molecule has 0 fully saturated rings. The number of nitriles is 1. The maximum Gasteiger partial charge on any atom is 0.343 e. The van der Waals surface area contributed by atoms with Crippen LogP contribution >= 0.6 is 0 Å². The SMILES string of the molecule is CCOC(=O)C1=C(OCC#N)[C@H]2C=C(C)C=C[C@@H]2N=C1. The van der Waals surface area contributed by atoms with Gasteiger partial charge in [-0.2, -0.15) is 5.26 Å². The lowest BCUT2D eigenvalue weighted by Crippen LogP contribution is -2.29. The van der Waals surface area contributed by atoms with E-state index >= 15 is 0 Å². The van der Waals surface area contributed by atoms with Crippen LogP contribution in [0.1, 0.15) is 13.8 Å². The molecule has 2 rings (SSSR count). The van der Waals surface area contributed by atoms with E-state index in [0.29, 0.717) is 11.3 Å². The van der Waals surface area contributed by atoms with Gasteiger partial charge in [0.1, 0.15) is 17.4 Å². The zero-order chi connectivity index (χ0) is 14.5. The molecule has 0 saturated heterocycles. The number of hydrogen-bond donors (Lipinski definition) is 0. The van der Waals surface area contributed by atoms with E-state index in [1.54, 1.807) is 6.92 Å². The molecular weight excluding hydrogens is 256 g/mol. The van der Waals surface area contributed by atoms with Crippen LogP contribution < -0.4 is 0 Å². The van der Waals surface area contributed by atoms with Gasteiger partial charge < -0.3 is 9.47 Å². The summed E-state index contributed by atoms with van der Waals surface area (Å²) in [6.45, 7) is 3.89. The van der Waals surface area contributed by atoms with Gasteiger partial charge in [-0.3, -0.25) is 4.99 Å². The fraction of sp³-hybridized carbons (Fsp3) is 0.400. The third kappa shape index (κ3) is 2.80. The molecule has 104 valence electrons. The second-order valence-electron chi connectivity index (χ2n) is 4.51. The zero-order valence-corrected chi connectivity index (χ0v) is 11.5. The first-order chi connectivity index (χ1) is 9.67. The zero-order valence-electron chi connectivity index (χ0n) is 11.5. The molecule has 0 aromatic carbocycles. The Morgan fingerprint density at radius 2 is 2.35 bits per heavy atom. The number of carbonyl (C=O) groups is 1. The number of fused-ring (bicyclic) bond motifs is 1. The van der Waals surface area contributed by atoms with Crippen molar-refractivity contribution in [2.75, 3.05) is 13.2 Å². The Morgan fingerprint density at radius 1 is 1.55 bits per heavy atom. The van der Waals surface area contributed by atoms with E-state index < -0.39 is 5.97 Å². The number of rotatable bonds is 4. The lowest BCUT2D eigenvalue weighted by atomic mass is 9.87. The monoisotopic (exact) mass is 272 g/mol. The van der Waals surface area contributed by atoms with E-state index in [4.69, 9.17) is 14.7 Å². The van der Waals surface area contributed by atoms with Gasteiger partial charge in [0.15, 0.2) is 6.61 Å². The molecule has 1 aliphatic carbocycles. The van der Waals surface area contributed by atoms with Crippen LogP contribution in [-0.4, -0.2) is 31.4 Å². The largest absolute Gasteiger partial charge is 0.481 e. The number of nitrogens with zero attached hydrogens (tertiary/aromatic N) is 2. The van der Waals surface area contributed by atoms with Crippen LogP contribution in [0.3, 0.4) is 0 Å². The topological polar surface area (TPSA) is 71.7 Å². The van der Waals surface area contributed by atoms with E-state index in [9.17, 15) is 4.79 Å². The van der Waals surface area contributed by atoms with E-state index in [1.807, 2.05) is 31.2 Å². The summed E-state index contributed by atoms with van der Waals surface area (Å²) < 4.78 is 10.5. The Balaban J connectivity index is 2.37. The summed E-state index contributed by atoms with van der Waals surface area (Å²) in [6, 6.07) is 1.83. The van der Waals surface area contributed by atoms with Gasteiger partial charge in [-0.15, -0.1) is 0 Å². The highest BCUT2D eigenvalue weighted by molar-refractivity contribution is 6.10. The molecule has 0 amide bonds. The van der Waals surface area contributed by atoms with Crippen LogP contribution in [0.4, 0.5) is 0 Å². The summed E-state index contributed by atoms with van der Waals surface area (Å²) in [6.07, 6.45) is 7.42. The average molecular weight is 272 g/mol. The Morgan fingerprint density at radius 3 is 3.05 bits per heavy atom. The van der Waals surface area contributed by atoms with Gasteiger partial charge in [0, 0.05) is 6.21 Å². The standard InChI is InChI=1S/C15H16N2O3/c1-3-19-15(18)12-9-17-13-5-4-10(2)8-11(13)14(12)20-7-6-16/h4-5,8-9,11,13H,3,7H2,1-2H3/t11-,13-/m0/s1. The van der Waals surface area contributed by atoms with Crippen LogP contribution in [0.2, 0.25) is 0 Å².